The first-order valence-corrected chi connectivity index (χ1v) is 7.14. The lowest BCUT2D eigenvalue weighted by molar-refractivity contribution is 0.255. The molecule has 0 aliphatic carbocycles. The van der Waals surface area contributed by atoms with Gasteiger partial charge in [0.25, 0.3) is 10.2 Å². The van der Waals surface area contributed by atoms with Gasteiger partial charge >= 0.3 is 0 Å². The van der Waals surface area contributed by atoms with Crippen molar-refractivity contribution < 1.29 is 13.5 Å². The molecular weight excluding hydrogens is 228 g/mol. The van der Waals surface area contributed by atoms with E-state index >= 15 is 0 Å². The molecule has 16 heavy (non-hydrogen) atoms. The van der Waals surface area contributed by atoms with Crippen LogP contribution in [0.5, 0.6) is 0 Å². The van der Waals surface area contributed by atoms with Crippen LogP contribution in [0.1, 0.15) is 34.1 Å². The zero-order valence-corrected chi connectivity index (χ0v) is 11.3. The monoisotopic (exact) mass is 252 g/mol. The molecule has 0 aromatic heterocycles. The summed E-state index contributed by atoms with van der Waals surface area (Å²) in [5, 5.41) is 8.85. The van der Waals surface area contributed by atoms with E-state index in [-0.39, 0.29) is 24.5 Å². The van der Waals surface area contributed by atoms with Gasteiger partial charge in [-0.1, -0.05) is 27.7 Å². The molecule has 0 fully saturated rings. The van der Waals surface area contributed by atoms with Crippen molar-refractivity contribution in [3.05, 3.63) is 0 Å². The second-order valence-corrected chi connectivity index (χ2v) is 6.26. The van der Waals surface area contributed by atoms with Crippen LogP contribution in [0.25, 0.3) is 0 Å². The Hall–Kier alpha value is -0.170. The first kappa shape index (κ1) is 15.8. The van der Waals surface area contributed by atoms with E-state index in [0.717, 1.165) is 0 Å². The molecule has 0 radical (unpaired) electrons. The Balaban J connectivity index is 4.30. The summed E-state index contributed by atoms with van der Waals surface area (Å²) >= 11 is 0. The zero-order chi connectivity index (χ0) is 12.8. The van der Waals surface area contributed by atoms with Crippen molar-refractivity contribution >= 4 is 10.2 Å². The van der Waals surface area contributed by atoms with Crippen LogP contribution >= 0.6 is 0 Å². The summed E-state index contributed by atoms with van der Waals surface area (Å²) in [4.78, 5) is 0. The minimum atomic E-state index is -3.45. The molecule has 1 unspecified atom stereocenters. The third-order valence-electron chi connectivity index (χ3n) is 2.23. The molecule has 3 N–H and O–H groups in total. The smallest absolute Gasteiger partial charge is 0.277 e. The summed E-state index contributed by atoms with van der Waals surface area (Å²) in [7, 11) is -3.45. The Labute approximate surface area is 98.8 Å². The average Bonchev–Trinajstić information content (AvgIpc) is 2.14. The lowest BCUT2D eigenvalue weighted by Gasteiger charge is -2.21. The van der Waals surface area contributed by atoms with Crippen LogP contribution < -0.4 is 9.44 Å². The fourth-order valence-electron chi connectivity index (χ4n) is 1.18. The Bertz CT molecular complexity index is 276. The highest BCUT2D eigenvalue weighted by atomic mass is 32.2. The molecule has 0 amide bonds. The van der Waals surface area contributed by atoms with Crippen LogP contribution in [0.2, 0.25) is 0 Å². The maximum absolute atomic E-state index is 11.6. The van der Waals surface area contributed by atoms with Gasteiger partial charge in [-0.15, -0.1) is 0 Å². The molecule has 6 heteroatoms. The summed E-state index contributed by atoms with van der Waals surface area (Å²) in [6.07, 6.45) is 0.431. The normalized spacial score (nSPS) is 14.7. The van der Waals surface area contributed by atoms with E-state index in [1.807, 2.05) is 27.7 Å². The van der Waals surface area contributed by atoms with Crippen molar-refractivity contribution in [1.82, 2.24) is 9.44 Å². The minimum Gasteiger partial charge on any atom is -0.396 e. The molecule has 0 rings (SSSR count). The van der Waals surface area contributed by atoms with Crippen molar-refractivity contribution in [3.63, 3.8) is 0 Å². The van der Waals surface area contributed by atoms with E-state index in [2.05, 4.69) is 9.44 Å². The number of rotatable bonds is 8. The predicted molar refractivity (Wildman–Crippen MR) is 65.2 cm³/mol. The quantitative estimate of drug-likeness (QED) is 0.588. The SMILES string of the molecule is CC(C)CNS(=O)(=O)NC(CCO)C(C)C. The molecule has 5 nitrogen and oxygen atoms in total. The largest absolute Gasteiger partial charge is 0.396 e. The molecule has 0 aliphatic heterocycles. The molecule has 0 heterocycles. The van der Waals surface area contributed by atoms with Gasteiger partial charge in [0.15, 0.2) is 0 Å². The second kappa shape index (κ2) is 7.21. The Morgan fingerprint density at radius 2 is 1.75 bits per heavy atom. The molecule has 98 valence electrons. The van der Waals surface area contributed by atoms with Gasteiger partial charge in [-0.05, 0) is 18.3 Å². The summed E-state index contributed by atoms with van der Waals surface area (Å²) in [6, 6.07) is -0.227. The van der Waals surface area contributed by atoms with Crippen molar-refractivity contribution in [2.75, 3.05) is 13.2 Å². The van der Waals surface area contributed by atoms with Gasteiger partial charge in [0.2, 0.25) is 0 Å². The molecular formula is C10H24N2O3S. The summed E-state index contributed by atoms with van der Waals surface area (Å²) in [5.41, 5.74) is 0. The minimum absolute atomic E-state index is 0.0183. The average molecular weight is 252 g/mol. The molecule has 0 bridgehead atoms. The first-order chi connectivity index (χ1) is 7.28. The predicted octanol–water partition coefficient (Wildman–Crippen LogP) is 0.473. The Morgan fingerprint density at radius 1 is 1.19 bits per heavy atom. The van der Waals surface area contributed by atoms with Crippen molar-refractivity contribution in [1.29, 1.82) is 0 Å². The van der Waals surface area contributed by atoms with Gasteiger partial charge in [-0.3, -0.25) is 0 Å². The maximum Gasteiger partial charge on any atom is 0.277 e. The lowest BCUT2D eigenvalue weighted by atomic mass is 10.0. The van der Waals surface area contributed by atoms with E-state index in [4.69, 9.17) is 5.11 Å². The van der Waals surface area contributed by atoms with Crippen molar-refractivity contribution in [2.45, 2.75) is 40.2 Å². The summed E-state index contributed by atoms with van der Waals surface area (Å²) in [6.45, 7) is 8.12. The highest BCUT2D eigenvalue weighted by Crippen LogP contribution is 2.06. The zero-order valence-electron chi connectivity index (χ0n) is 10.5. The number of aliphatic hydroxyl groups excluding tert-OH is 1. The standard InChI is InChI=1S/C10H24N2O3S/c1-8(2)7-11-16(14,15)12-10(5-6-13)9(3)4/h8-13H,5-7H2,1-4H3. The van der Waals surface area contributed by atoms with E-state index in [0.29, 0.717) is 13.0 Å². The maximum atomic E-state index is 11.6. The fraction of sp³-hybridized carbons (Fsp3) is 1.00. The van der Waals surface area contributed by atoms with E-state index in [1.54, 1.807) is 0 Å². The van der Waals surface area contributed by atoms with Crippen LogP contribution in [-0.2, 0) is 10.2 Å². The molecule has 0 aliphatic rings. The van der Waals surface area contributed by atoms with Crippen LogP contribution in [0.4, 0.5) is 0 Å². The van der Waals surface area contributed by atoms with Crippen molar-refractivity contribution in [2.24, 2.45) is 11.8 Å². The molecule has 0 aromatic carbocycles. The van der Waals surface area contributed by atoms with E-state index in [9.17, 15) is 8.42 Å². The van der Waals surface area contributed by atoms with Crippen LogP contribution in [0.3, 0.4) is 0 Å². The van der Waals surface area contributed by atoms with Gasteiger partial charge < -0.3 is 5.11 Å². The molecule has 1 atom stereocenters. The highest BCUT2D eigenvalue weighted by Gasteiger charge is 2.19. The molecule has 0 aromatic rings. The highest BCUT2D eigenvalue weighted by molar-refractivity contribution is 7.87. The number of hydrogen-bond donors (Lipinski definition) is 3. The third-order valence-corrected chi connectivity index (χ3v) is 3.39. The van der Waals surface area contributed by atoms with E-state index < -0.39 is 10.2 Å². The second-order valence-electron chi connectivity index (χ2n) is 4.73. The third kappa shape index (κ3) is 7.16. The van der Waals surface area contributed by atoms with Crippen LogP contribution in [0, 0.1) is 11.8 Å². The summed E-state index contributed by atoms with van der Waals surface area (Å²) in [5.74, 6) is 0.426. The van der Waals surface area contributed by atoms with E-state index in [1.165, 1.54) is 0 Å². The lowest BCUT2D eigenvalue weighted by Crippen LogP contribution is -2.46. The topological polar surface area (TPSA) is 78.4 Å². The van der Waals surface area contributed by atoms with Gasteiger partial charge in [0, 0.05) is 19.2 Å². The number of hydrogen-bond acceptors (Lipinski definition) is 3. The summed E-state index contributed by atoms with van der Waals surface area (Å²) < 4.78 is 28.3. The molecule has 0 saturated heterocycles. The number of nitrogens with one attached hydrogen (secondary N) is 2. The first-order valence-electron chi connectivity index (χ1n) is 5.66. The molecule has 0 spiro atoms. The van der Waals surface area contributed by atoms with Crippen LogP contribution in [0.15, 0.2) is 0 Å². The Morgan fingerprint density at radius 3 is 2.12 bits per heavy atom. The fourth-order valence-corrected chi connectivity index (χ4v) is 2.61. The van der Waals surface area contributed by atoms with Gasteiger partial charge in [-0.2, -0.15) is 13.1 Å². The number of aliphatic hydroxyl groups is 1. The Kier molecular flexibility index (Phi) is 7.14. The van der Waals surface area contributed by atoms with Gasteiger partial charge in [-0.25, -0.2) is 4.72 Å². The van der Waals surface area contributed by atoms with Gasteiger partial charge in [0.1, 0.15) is 0 Å². The van der Waals surface area contributed by atoms with Crippen LogP contribution in [-0.4, -0.2) is 32.7 Å². The van der Waals surface area contributed by atoms with Crippen molar-refractivity contribution in [3.8, 4) is 0 Å². The molecule has 0 saturated carbocycles. The van der Waals surface area contributed by atoms with Gasteiger partial charge in [0.05, 0.1) is 0 Å².